The summed E-state index contributed by atoms with van der Waals surface area (Å²) >= 11 is 0. The molecule has 424 valence electrons. The van der Waals surface area contributed by atoms with Crippen molar-refractivity contribution < 1.29 is 85.5 Å². The number of hydrogen-bond acceptors (Lipinski definition) is 16. The Bertz CT molecular complexity index is 2410. The molecule has 0 aliphatic heterocycles. The zero-order valence-corrected chi connectivity index (χ0v) is 47.6. The molecule has 0 aromatic heterocycles. The second kappa shape index (κ2) is 22.2. The van der Waals surface area contributed by atoms with Gasteiger partial charge in [-0.05, 0) is 141 Å². The van der Waals surface area contributed by atoms with Gasteiger partial charge in [0.1, 0.15) is 30.8 Å². The van der Waals surface area contributed by atoms with E-state index in [-0.39, 0.29) is 49.5 Å². The fourth-order valence-corrected chi connectivity index (χ4v) is 18.4. The van der Waals surface area contributed by atoms with Gasteiger partial charge < -0.3 is 48.4 Å². The maximum atomic E-state index is 17.2. The van der Waals surface area contributed by atoms with Crippen LogP contribution in [0.3, 0.4) is 0 Å². The normalized spacial score (nSPS) is 42.5. The van der Waals surface area contributed by atoms with Crippen LogP contribution in [0.2, 0.25) is 0 Å². The van der Waals surface area contributed by atoms with E-state index in [4.69, 9.17) is 22.8 Å². The molecule has 5 N–H and O–H groups in total. The Hall–Kier alpha value is -2.44. The molecule has 0 aromatic rings. The summed E-state index contributed by atoms with van der Waals surface area (Å²) in [7, 11) is -6.24. The molecule has 0 spiro atoms. The summed E-state index contributed by atoms with van der Waals surface area (Å²) in [6.45, 7) is 19.2. The van der Waals surface area contributed by atoms with Crippen molar-refractivity contribution in [2.45, 2.75) is 162 Å². The Morgan fingerprint density at radius 1 is 0.640 bits per heavy atom. The smallest absolute Gasteiger partial charge is 0.356 e. The number of halogens is 2. The van der Waals surface area contributed by atoms with Gasteiger partial charge in [0.15, 0.2) is 34.5 Å². The van der Waals surface area contributed by atoms with E-state index in [0.717, 1.165) is 0 Å². The van der Waals surface area contributed by atoms with Crippen LogP contribution >= 0.6 is 15.2 Å². The average molecular weight is 1100 g/mol. The van der Waals surface area contributed by atoms with Gasteiger partial charge in [0.25, 0.3) is 0 Å². The molecule has 16 atom stereocenters. The Balaban J connectivity index is 0.000000212. The first-order chi connectivity index (χ1) is 34.9. The van der Waals surface area contributed by atoms with E-state index in [1.165, 1.54) is 24.3 Å². The van der Waals surface area contributed by atoms with Crippen LogP contribution in [0.25, 0.3) is 0 Å². The number of carbonyl (C=O) groups is 4. The van der Waals surface area contributed by atoms with E-state index in [2.05, 4.69) is 0 Å². The van der Waals surface area contributed by atoms with E-state index in [9.17, 15) is 53.8 Å². The Morgan fingerprint density at radius 2 is 1.01 bits per heavy atom. The molecular formula is C55H84F2O16P2. The van der Waals surface area contributed by atoms with Gasteiger partial charge in [-0.1, -0.05) is 57.9 Å². The van der Waals surface area contributed by atoms with Crippen molar-refractivity contribution in [3.05, 3.63) is 47.6 Å². The summed E-state index contributed by atoms with van der Waals surface area (Å²) in [6.07, 6.45) is 8.67. The quantitative estimate of drug-likeness (QED) is 0.0912. The number of fused-ring (bicyclic) bond motifs is 10. The molecule has 0 unspecified atom stereocenters. The molecule has 16 nitrogen and oxygen atoms in total. The molecule has 0 aromatic carbocycles. The van der Waals surface area contributed by atoms with Gasteiger partial charge in [0, 0.05) is 39.7 Å². The van der Waals surface area contributed by atoms with Crippen molar-refractivity contribution >= 4 is 38.3 Å². The van der Waals surface area contributed by atoms with Crippen molar-refractivity contribution in [2.24, 2.45) is 57.2 Å². The number of aliphatic hydroxyl groups excluding tert-OH is 3. The number of hydrogen-bond donors (Lipinski definition) is 5. The molecule has 8 rings (SSSR count). The minimum Gasteiger partial charge on any atom is -0.390 e. The van der Waals surface area contributed by atoms with Crippen molar-refractivity contribution in [1.82, 2.24) is 0 Å². The summed E-state index contributed by atoms with van der Waals surface area (Å²) in [5, 5.41) is 55.3. The zero-order valence-electron chi connectivity index (χ0n) is 45.8. The highest BCUT2D eigenvalue weighted by molar-refractivity contribution is 7.54. The van der Waals surface area contributed by atoms with E-state index >= 15 is 8.78 Å². The van der Waals surface area contributed by atoms with E-state index in [0.29, 0.717) is 69.0 Å². The predicted molar refractivity (Wildman–Crippen MR) is 276 cm³/mol. The number of ketones is 4. The molecule has 0 bridgehead atoms. The standard InChI is InChI=1S/C27H40FO8P.C22H29FO5.C6H15O3P/c1-6-35-37(33,36-7-2)16-34-15-23(31)27(32)17(3)12-21-20-9-8-18-13-19(29)10-11-24(18,4)26(20,28)22(30)14-25(21,27)5;1-12-8-16-15-5-4-13-9-14(25)6-7-19(13,2)21(15,23)17(26)10-20(16,3)22(12,28)18(27)11-24;1-4-8-10(7,6-3)9-5-2/h10-11,13,17,20-22,30,32H,6-9,12,14-16H2,1-5H3;6-7,9,12,15-17,24,26,28H,4-5,8,10-11H2,1-3H3;4-6H2,1-3H3/t17-,20+,21+,22+,24+,25+,26+,27+;12-,15+,16+,17+,19+,20+,21+,22+;/m11./s1. The SMILES string of the molecule is CCOP(=O)(CC)OCC.CCOP(=O)(COCC(=O)[C@@]1(O)[C@H](C)C[C@H]2[C@@H]3CCC4=CC(=O)C=C[C@]4(C)[C@@]3(F)[C@@H](O)C[C@@]21C)OCC.C[C@@H]1C[C@H]2[C@@H]3CCC4=CC(=O)C=C[C@]4(C)[C@@]3(F)[C@@H](O)C[C@]2(C)[C@@]1(O)C(=O)CO. The molecule has 8 aliphatic rings. The number of Topliss-reactive ketones (excluding diaryl/α,β-unsaturated/α-hetero) is 2. The van der Waals surface area contributed by atoms with E-state index in [1.807, 2.05) is 0 Å². The lowest BCUT2D eigenvalue weighted by atomic mass is 9.44. The molecule has 0 amide bonds. The number of ether oxygens (including phenoxy) is 1. The van der Waals surface area contributed by atoms with Gasteiger partial charge in [0.2, 0.25) is 0 Å². The topological polar surface area (TPSA) is 250 Å². The van der Waals surface area contributed by atoms with E-state index < -0.39 is 126 Å². The predicted octanol–water partition coefficient (Wildman–Crippen LogP) is 8.31. The Morgan fingerprint density at radius 3 is 1.37 bits per heavy atom. The lowest BCUT2D eigenvalue weighted by molar-refractivity contribution is -0.219. The van der Waals surface area contributed by atoms with Crippen LogP contribution in [0.4, 0.5) is 8.78 Å². The van der Waals surface area contributed by atoms with Gasteiger partial charge in [-0.3, -0.25) is 28.3 Å². The fraction of sp³-hybridized carbons (Fsp3) is 0.782. The summed E-state index contributed by atoms with van der Waals surface area (Å²) in [6, 6.07) is 0. The summed E-state index contributed by atoms with van der Waals surface area (Å²) < 4.78 is 83.9. The number of rotatable bonds is 16. The van der Waals surface area contributed by atoms with Gasteiger partial charge in [-0.15, -0.1) is 0 Å². The number of aliphatic hydroxyl groups is 5. The van der Waals surface area contributed by atoms with Crippen LogP contribution in [0.1, 0.15) is 128 Å². The molecule has 0 radical (unpaired) electrons. The number of alkyl halides is 2. The fourth-order valence-electron chi connectivity index (χ4n) is 15.9. The van der Waals surface area contributed by atoms with Crippen molar-refractivity contribution in [2.75, 3.05) is 52.2 Å². The third kappa shape index (κ3) is 9.64. The minimum absolute atomic E-state index is 0.0676. The van der Waals surface area contributed by atoms with Crippen LogP contribution < -0.4 is 0 Å². The molecule has 6 saturated carbocycles. The van der Waals surface area contributed by atoms with Gasteiger partial charge in [-0.25, -0.2) is 8.78 Å². The average Bonchev–Trinajstić information content (AvgIpc) is 3.68. The van der Waals surface area contributed by atoms with Crippen LogP contribution in [-0.2, 0) is 51.1 Å². The van der Waals surface area contributed by atoms with Crippen LogP contribution in [0.5, 0.6) is 0 Å². The molecule has 0 saturated heterocycles. The Labute approximate surface area is 441 Å². The first-order valence-electron chi connectivity index (χ1n) is 27.0. The van der Waals surface area contributed by atoms with Gasteiger partial charge >= 0.3 is 15.2 Å². The maximum Gasteiger partial charge on any atom is 0.356 e. The summed E-state index contributed by atoms with van der Waals surface area (Å²) in [5.41, 5.74) is -10.6. The highest BCUT2D eigenvalue weighted by atomic mass is 31.2. The van der Waals surface area contributed by atoms with Crippen LogP contribution in [-0.4, -0.2) is 136 Å². The molecular weight excluding hydrogens is 1020 g/mol. The van der Waals surface area contributed by atoms with Crippen molar-refractivity contribution in [3.63, 3.8) is 0 Å². The number of carbonyl (C=O) groups excluding carboxylic acids is 4. The maximum absolute atomic E-state index is 17.2. The van der Waals surface area contributed by atoms with Gasteiger partial charge in [0.05, 0.1) is 38.6 Å². The molecule has 75 heavy (non-hydrogen) atoms. The minimum atomic E-state index is -3.54. The third-order valence-corrected chi connectivity index (χ3v) is 23.5. The lowest BCUT2D eigenvalue weighted by Gasteiger charge is -2.62. The van der Waals surface area contributed by atoms with Crippen LogP contribution in [0, 0.1) is 57.2 Å². The highest BCUT2D eigenvalue weighted by Gasteiger charge is 2.77. The van der Waals surface area contributed by atoms with Crippen LogP contribution in [0.15, 0.2) is 47.6 Å². The molecule has 20 heteroatoms. The molecule has 6 fully saturated rings. The van der Waals surface area contributed by atoms with Crippen molar-refractivity contribution in [1.29, 1.82) is 0 Å². The largest absolute Gasteiger partial charge is 0.390 e. The lowest BCUT2D eigenvalue weighted by Crippen LogP contribution is -2.69. The second-order valence-electron chi connectivity index (χ2n) is 23.0. The van der Waals surface area contributed by atoms with E-state index in [1.54, 1.807) is 88.3 Å². The Kier molecular flexibility index (Phi) is 18.3. The first-order valence-corrected chi connectivity index (χ1v) is 30.4. The van der Waals surface area contributed by atoms with Crippen molar-refractivity contribution in [3.8, 4) is 0 Å². The summed E-state index contributed by atoms with van der Waals surface area (Å²) in [4.78, 5) is 49.9. The van der Waals surface area contributed by atoms with Gasteiger partial charge in [-0.2, -0.15) is 0 Å². The molecule has 8 aliphatic carbocycles. The second-order valence-corrected chi connectivity index (χ2v) is 27.4. The zero-order chi connectivity index (χ0) is 56.2. The number of allylic oxidation sites excluding steroid dienone is 8. The third-order valence-electron chi connectivity index (χ3n) is 19.6. The first kappa shape index (κ1) is 61.8. The highest BCUT2D eigenvalue weighted by Crippen LogP contribution is 2.72. The summed E-state index contributed by atoms with van der Waals surface area (Å²) in [5.74, 6) is -4.38. The monoisotopic (exact) mass is 1100 g/mol. The molecule has 0 heterocycles.